The summed E-state index contributed by atoms with van der Waals surface area (Å²) in [6, 6.07) is 6.49. The molecule has 1 rings (SSSR count). The van der Waals surface area contributed by atoms with Gasteiger partial charge >= 0.3 is 0 Å². The van der Waals surface area contributed by atoms with E-state index in [1.165, 1.54) is 23.1 Å². The van der Waals surface area contributed by atoms with Crippen LogP contribution in [0.25, 0.3) is 0 Å². The number of benzene rings is 1. The molecule has 0 atom stereocenters. The number of aliphatic hydroxyl groups excluding tert-OH is 1. The molecule has 2 nitrogen and oxygen atoms in total. The fraction of sp³-hybridized carbons (Fsp3) is 0.600. The molecule has 0 amide bonds. The van der Waals surface area contributed by atoms with Gasteiger partial charge in [0.2, 0.25) is 0 Å². The van der Waals surface area contributed by atoms with Crippen molar-refractivity contribution >= 4 is 0 Å². The van der Waals surface area contributed by atoms with Gasteiger partial charge in [0.05, 0.1) is 0 Å². The number of aryl methyl sites for hydroxylation is 2. The van der Waals surface area contributed by atoms with Crippen LogP contribution in [0.5, 0.6) is 0 Å². The lowest BCUT2D eigenvalue weighted by Gasteiger charge is -2.19. The molecule has 17 heavy (non-hydrogen) atoms. The molecule has 0 aliphatic rings. The van der Waals surface area contributed by atoms with Gasteiger partial charge in [0.25, 0.3) is 0 Å². The van der Waals surface area contributed by atoms with E-state index in [0.717, 1.165) is 25.9 Å². The normalized spacial score (nSPS) is 11.1. The highest BCUT2D eigenvalue weighted by atomic mass is 16.2. The van der Waals surface area contributed by atoms with E-state index in [1.54, 1.807) is 0 Å². The van der Waals surface area contributed by atoms with Gasteiger partial charge in [0, 0.05) is 13.2 Å². The number of hydrogen-bond acceptors (Lipinski definition) is 2. The Morgan fingerprint density at radius 2 is 1.71 bits per heavy atom. The predicted molar refractivity (Wildman–Crippen MR) is 73.2 cm³/mol. The second-order valence-electron chi connectivity index (χ2n) is 4.89. The fourth-order valence-corrected chi connectivity index (χ4v) is 2.12. The maximum absolute atomic E-state index is 8.73. The lowest BCUT2D eigenvalue weighted by Crippen LogP contribution is -2.20. The Morgan fingerprint density at radius 3 is 2.29 bits per heavy atom. The second kappa shape index (κ2) is 7.46. The lowest BCUT2D eigenvalue weighted by atomic mass is 10.0. The number of unbranched alkanes of at least 4 members (excludes halogenated alkanes) is 2. The molecular formula is C15H25NO. The van der Waals surface area contributed by atoms with Crippen molar-refractivity contribution in [1.29, 1.82) is 0 Å². The smallest absolute Gasteiger partial charge is 0.0431 e. The first kappa shape index (κ1) is 14.2. The first-order valence-electron chi connectivity index (χ1n) is 6.49. The SMILES string of the molecule is Cc1cccc(C)c1CN(C)CCCCCO. The van der Waals surface area contributed by atoms with Crippen LogP contribution >= 0.6 is 0 Å². The number of hydrogen-bond donors (Lipinski definition) is 1. The van der Waals surface area contributed by atoms with Crippen LogP contribution in [0, 0.1) is 13.8 Å². The average Bonchev–Trinajstić information content (AvgIpc) is 2.30. The van der Waals surface area contributed by atoms with Gasteiger partial charge in [-0.05, 0) is 63.4 Å². The molecule has 0 radical (unpaired) electrons. The first-order chi connectivity index (χ1) is 8.15. The maximum Gasteiger partial charge on any atom is 0.0431 e. The first-order valence-corrected chi connectivity index (χ1v) is 6.49. The quantitative estimate of drug-likeness (QED) is 0.735. The minimum Gasteiger partial charge on any atom is -0.396 e. The van der Waals surface area contributed by atoms with E-state index in [1.807, 2.05) is 0 Å². The molecule has 1 aromatic carbocycles. The third-order valence-corrected chi connectivity index (χ3v) is 3.27. The van der Waals surface area contributed by atoms with E-state index < -0.39 is 0 Å². The number of rotatable bonds is 7. The molecule has 0 saturated heterocycles. The number of nitrogens with zero attached hydrogens (tertiary/aromatic N) is 1. The maximum atomic E-state index is 8.73. The van der Waals surface area contributed by atoms with Gasteiger partial charge < -0.3 is 10.0 Å². The minimum atomic E-state index is 0.320. The molecule has 0 heterocycles. The van der Waals surface area contributed by atoms with Crippen LogP contribution in [0.4, 0.5) is 0 Å². The molecule has 0 spiro atoms. The van der Waals surface area contributed by atoms with Gasteiger partial charge in [0.1, 0.15) is 0 Å². The molecule has 1 N–H and O–H groups in total. The van der Waals surface area contributed by atoms with Gasteiger partial charge in [-0.2, -0.15) is 0 Å². The molecule has 2 heteroatoms. The molecule has 1 aromatic rings. The lowest BCUT2D eigenvalue weighted by molar-refractivity contribution is 0.271. The monoisotopic (exact) mass is 235 g/mol. The summed E-state index contributed by atoms with van der Waals surface area (Å²) in [6.07, 6.45) is 3.22. The molecule has 0 unspecified atom stereocenters. The summed E-state index contributed by atoms with van der Waals surface area (Å²) in [5.74, 6) is 0. The molecule has 0 saturated carbocycles. The molecule has 0 aliphatic carbocycles. The Hall–Kier alpha value is -0.860. The van der Waals surface area contributed by atoms with E-state index in [2.05, 4.69) is 44.0 Å². The Kier molecular flexibility index (Phi) is 6.23. The van der Waals surface area contributed by atoms with Crippen molar-refractivity contribution in [2.75, 3.05) is 20.2 Å². The van der Waals surface area contributed by atoms with E-state index in [0.29, 0.717) is 6.61 Å². The highest BCUT2D eigenvalue weighted by molar-refractivity contribution is 5.33. The molecule has 0 fully saturated rings. The van der Waals surface area contributed by atoms with Crippen LogP contribution in [0.1, 0.15) is 36.0 Å². The van der Waals surface area contributed by atoms with E-state index in [-0.39, 0.29) is 0 Å². The zero-order valence-electron chi connectivity index (χ0n) is 11.4. The minimum absolute atomic E-state index is 0.320. The van der Waals surface area contributed by atoms with Gasteiger partial charge in [0.15, 0.2) is 0 Å². The molecular weight excluding hydrogens is 210 g/mol. The van der Waals surface area contributed by atoms with Crippen molar-refractivity contribution in [2.45, 2.75) is 39.7 Å². The Labute approximate surface area is 105 Å². The predicted octanol–water partition coefficient (Wildman–Crippen LogP) is 2.90. The van der Waals surface area contributed by atoms with Crippen molar-refractivity contribution in [3.8, 4) is 0 Å². The average molecular weight is 235 g/mol. The van der Waals surface area contributed by atoms with Gasteiger partial charge in [-0.25, -0.2) is 0 Å². The van der Waals surface area contributed by atoms with Crippen molar-refractivity contribution in [3.63, 3.8) is 0 Å². The van der Waals surface area contributed by atoms with E-state index >= 15 is 0 Å². The van der Waals surface area contributed by atoms with E-state index in [9.17, 15) is 0 Å². The third-order valence-electron chi connectivity index (χ3n) is 3.27. The molecule has 0 aromatic heterocycles. The molecule has 96 valence electrons. The van der Waals surface area contributed by atoms with Crippen molar-refractivity contribution in [2.24, 2.45) is 0 Å². The molecule has 0 aliphatic heterocycles. The summed E-state index contributed by atoms with van der Waals surface area (Å²) >= 11 is 0. The summed E-state index contributed by atoms with van der Waals surface area (Å²) in [6.45, 7) is 6.82. The largest absolute Gasteiger partial charge is 0.396 e. The van der Waals surface area contributed by atoms with Crippen LogP contribution in [-0.4, -0.2) is 30.2 Å². The van der Waals surface area contributed by atoms with Crippen LogP contribution in [-0.2, 0) is 6.54 Å². The third kappa shape index (κ3) is 4.88. The standard InChI is InChI=1S/C15H25NO/c1-13-8-7-9-14(2)15(13)12-16(3)10-5-4-6-11-17/h7-9,17H,4-6,10-12H2,1-3H3. The van der Waals surface area contributed by atoms with Gasteiger partial charge in [-0.1, -0.05) is 18.2 Å². The van der Waals surface area contributed by atoms with Crippen LogP contribution < -0.4 is 0 Å². The van der Waals surface area contributed by atoms with Crippen molar-refractivity contribution < 1.29 is 5.11 Å². The van der Waals surface area contributed by atoms with Crippen LogP contribution in [0.3, 0.4) is 0 Å². The van der Waals surface area contributed by atoms with Gasteiger partial charge in [-0.15, -0.1) is 0 Å². The molecule has 0 bridgehead atoms. The Morgan fingerprint density at radius 1 is 1.06 bits per heavy atom. The summed E-state index contributed by atoms with van der Waals surface area (Å²) in [5.41, 5.74) is 4.22. The van der Waals surface area contributed by atoms with Crippen LogP contribution in [0.15, 0.2) is 18.2 Å². The van der Waals surface area contributed by atoms with Crippen LogP contribution in [0.2, 0.25) is 0 Å². The summed E-state index contributed by atoms with van der Waals surface area (Å²) in [4.78, 5) is 2.37. The zero-order chi connectivity index (χ0) is 12.7. The summed E-state index contributed by atoms with van der Waals surface area (Å²) < 4.78 is 0. The van der Waals surface area contributed by atoms with Crippen molar-refractivity contribution in [1.82, 2.24) is 4.90 Å². The Balaban J connectivity index is 2.42. The topological polar surface area (TPSA) is 23.5 Å². The van der Waals surface area contributed by atoms with Crippen molar-refractivity contribution in [3.05, 3.63) is 34.9 Å². The second-order valence-corrected chi connectivity index (χ2v) is 4.89. The Bertz CT molecular complexity index is 315. The highest BCUT2D eigenvalue weighted by Gasteiger charge is 2.05. The van der Waals surface area contributed by atoms with Gasteiger partial charge in [-0.3, -0.25) is 0 Å². The zero-order valence-corrected chi connectivity index (χ0v) is 11.4. The summed E-state index contributed by atoms with van der Waals surface area (Å²) in [7, 11) is 2.17. The number of aliphatic hydroxyl groups is 1. The fourth-order valence-electron chi connectivity index (χ4n) is 2.12. The van der Waals surface area contributed by atoms with E-state index in [4.69, 9.17) is 5.11 Å². The summed E-state index contributed by atoms with van der Waals surface area (Å²) in [5, 5.41) is 8.73. The highest BCUT2D eigenvalue weighted by Crippen LogP contribution is 2.15.